The Kier molecular flexibility index (Phi) is 5.46. The third-order valence-corrected chi connectivity index (χ3v) is 12.2. The molecule has 4 heteroatoms. The molecule has 5 rings (SSSR count). The van der Waals surface area contributed by atoms with Gasteiger partial charge in [-0.15, -0.1) is 0 Å². The number of hydrogen-bond donors (Lipinski definition) is 3. The second-order valence-corrected chi connectivity index (χ2v) is 14.3. The Morgan fingerprint density at radius 2 is 1.74 bits per heavy atom. The molecule has 1 saturated heterocycles. The highest BCUT2D eigenvalue weighted by Gasteiger charge is 2.78. The lowest BCUT2D eigenvalue weighted by Crippen LogP contribution is -2.65. The number of allylic oxidation sites excluding steroid dienone is 2. The molecule has 0 radical (unpaired) electrons. The van der Waals surface area contributed by atoms with E-state index in [1.165, 1.54) is 12.8 Å². The molecule has 3 saturated carbocycles. The van der Waals surface area contributed by atoms with Crippen LogP contribution in [0.1, 0.15) is 93.4 Å². The number of ether oxygens (including phenoxy) is 1. The number of fused-ring (bicyclic) bond motifs is 2. The number of aliphatic hydroxyl groups excluding tert-OH is 2. The summed E-state index contributed by atoms with van der Waals surface area (Å²) in [4.78, 5) is 0. The summed E-state index contributed by atoms with van der Waals surface area (Å²) in [6.07, 6.45) is 14.9. The molecule has 192 valence electrons. The van der Waals surface area contributed by atoms with Gasteiger partial charge in [0.1, 0.15) is 5.60 Å². The lowest BCUT2D eigenvalue weighted by molar-refractivity contribution is -0.213. The Hall–Kier alpha value is -0.680. The van der Waals surface area contributed by atoms with Gasteiger partial charge in [0.05, 0.1) is 11.7 Å². The molecule has 0 amide bonds. The van der Waals surface area contributed by atoms with E-state index in [0.717, 1.165) is 32.1 Å². The van der Waals surface area contributed by atoms with E-state index in [1.54, 1.807) is 0 Å². The Morgan fingerprint density at radius 3 is 2.41 bits per heavy atom. The molecule has 0 aromatic heterocycles. The summed E-state index contributed by atoms with van der Waals surface area (Å²) in [6, 6.07) is 0. The maximum atomic E-state index is 11.6. The fourth-order valence-electron chi connectivity index (χ4n) is 9.98. The Balaban J connectivity index is 1.50. The minimum absolute atomic E-state index is 0.113. The van der Waals surface area contributed by atoms with Gasteiger partial charge in [0.15, 0.2) is 6.29 Å². The second-order valence-electron chi connectivity index (χ2n) is 14.3. The van der Waals surface area contributed by atoms with Gasteiger partial charge < -0.3 is 20.1 Å². The fourth-order valence-corrected chi connectivity index (χ4v) is 9.98. The van der Waals surface area contributed by atoms with Crippen LogP contribution in [0.25, 0.3) is 0 Å². The highest BCUT2D eigenvalue weighted by atomic mass is 16.6. The summed E-state index contributed by atoms with van der Waals surface area (Å²) in [7, 11) is 0. The molecule has 5 aliphatic rings. The molecule has 1 heterocycles. The summed E-state index contributed by atoms with van der Waals surface area (Å²) in [6.45, 7) is 15.3. The van der Waals surface area contributed by atoms with Gasteiger partial charge in [0, 0.05) is 16.7 Å². The van der Waals surface area contributed by atoms with E-state index in [4.69, 9.17) is 4.74 Å². The second kappa shape index (κ2) is 7.43. The van der Waals surface area contributed by atoms with Crippen LogP contribution < -0.4 is 0 Å². The van der Waals surface area contributed by atoms with Crippen LogP contribution in [0.3, 0.4) is 0 Å². The Labute approximate surface area is 206 Å². The molecular weight excluding hydrogens is 424 g/mol. The van der Waals surface area contributed by atoms with Crippen molar-refractivity contribution in [2.24, 2.45) is 45.3 Å². The molecule has 4 fully saturated rings. The minimum Gasteiger partial charge on any atom is -0.392 e. The summed E-state index contributed by atoms with van der Waals surface area (Å²) >= 11 is 0. The third kappa shape index (κ3) is 2.92. The van der Waals surface area contributed by atoms with Crippen LogP contribution in [0.5, 0.6) is 0 Å². The highest BCUT2D eigenvalue weighted by Crippen LogP contribution is 2.78. The van der Waals surface area contributed by atoms with Gasteiger partial charge in [-0.25, -0.2) is 0 Å². The summed E-state index contributed by atoms with van der Waals surface area (Å²) in [5, 5.41) is 32.6. The van der Waals surface area contributed by atoms with Gasteiger partial charge in [0.2, 0.25) is 0 Å². The smallest absolute Gasteiger partial charge is 0.162 e. The normalized spacial score (nSPS) is 52.4. The molecule has 4 nitrogen and oxygen atoms in total. The van der Waals surface area contributed by atoms with Crippen molar-refractivity contribution in [2.45, 2.75) is 117 Å². The van der Waals surface area contributed by atoms with Crippen molar-refractivity contribution in [3.63, 3.8) is 0 Å². The van der Waals surface area contributed by atoms with E-state index in [0.29, 0.717) is 17.8 Å². The zero-order valence-electron chi connectivity index (χ0n) is 22.5. The van der Waals surface area contributed by atoms with E-state index >= 15 is 0 Å². The molecular formula is C30H48O4. The number of aliphatic hydroxyl groups is 3. The van der Waals surface area contributed by atoms with Crippen LogP contribution in [-0.4, -0.2) is 38.9 Å². The minimum atomic E-state index is -0.769. The maximum Gasteiger partial charge on any atom is 0.162 e. The van der Waals surface area contributed by atoms with Crippen molar-refractivity contribution in [1.29, 1.82) is 0 Å². The van der Waals surface area contributed by atoms with Crippen molar-refractivity contribution in [2.75, 3.05) is 0 Å². The van der Waals surface area contributed by atoms with Crippen molar-refractivity contribution >= 4 is 0 Å². The topological polar surface area (TPSA) is 69.9 Å². The molecule has 2 bridgehead atoms. The van der Waals surface area contributed by atoms with Crippen molar-refractivity contribution < 1.29 is 20.1 Å². The quantitative estimate of drug-likeness (QED) is 0.465. The monoisotopic (exact) mass is 472 g/mol. The molecule has 10 atom stereocenters. The summed E-state index contributed by atoms with van der Waals surface area (Å²) in [5.41, 5.74) is -1.67. The van der Waals surface area contributed by atoms with Gasteiger partial charge in [-0.2, -0.15) is 0 Å². The molecule has 4 aliphatic carbocycles. The van der Waals surface area contributed by atoms with Gasteiger partial charge in [-0.3, -0.25) is 0 Å². The predicted molar refractivity (Wildman–Crippen MR) is 135 cm³/mol. The van der Waals surface area contributed by atoms with Crippen molar-refractivity contribution in [3.8, 4) is 0 Å². The lowest BCUT2D eigenvalue weighted by Gasteiger charge is -2.65. The van der Waals surface area contributed by atoms with E-state index in [2.05, 4.69) is 52.8 Å². The number of hydrogen-bond acceptors (Lipinski definition) is 4. The van der Waals surface area contributed by atoms with Crippen molar-refractivity contribution in [1.82, 2.24) is 0 Å². The zero-order valence-corrected chi connectivity index (χ0v) is 22.5. The first-order valence-electron chi connectivity index (χ1n) is 13.8. The Bertz CT molecular complexity index is 885. The first-order chi connectivity index (χ1) is 15.7. The van der Waals surface area contributed by atoms with Crippen molar-refractivity contribution in [3.05, 3.63) is 24.3 Å². The third-order valence-electron chi connectivity index (χ3n) is 12.2. The lowest BCUT2D eigenvalue weighted by atomic mass is 9.38. The first kappa shape index (κ1) is 25.0. The summed E-state index contributed by atoms with van der Waals surface area (Å²) in [5.74, 6) is 1.74. The van der Waals surface area contributed by atoms with Crippen LogP contribution in [-0.2, 0) is 4.74 Å². The summed E-state index contributed by atoms with van der Waals surface area (Å²) < 4.78 is 6.58. The zero-order chi connectivity index (χ0) is 24.9. The molecule has 34 heavy (non-hydrogen) atoms. The molecule has 10 unspecified atom stereocenters. The standard InChI is InChI=1S/C30H48O4/c1-19(9-8-14-25(2,3)33)20-12-15-28(7)21-13-16-30-22(10-11-23(31)26(30,4)5)29(21,24(32)34-30)18-17-27(20,28)6/h8,13-14,16,19-24,31-33H,9-12,15,17-18H2,1-7H3. The van der Waals surface area contributed by atoms with Crippen LogP contribution in [0, 0.1) is 45.3 Å². The van der Waals surface area contributed by atoms with Crippen LogP contribution in [0.2, 0.25) is 0 Å². The van der Waals surface area contributed by atoms with E-state index in [-0.39, 0.29) is 22.2 Å². The van der Waals surface area contributed by atoms with Gasteiger partial charge in [-0.1, -0.05) is 58.9 Å². The SMILES string of the molecule is CC(CC=CC(C)(C)O)C1CCC2(C)C3C=CC45OC(O)C3(CCC12C)C4CCC(O)C5(C)C. The maximum absolute atomic E-state index is 11.6. The van der Waals surface area contributed by atoms with Crippen LogP contribution in [0.15, 0.2) is 24.3 Å². The first-order valence-corrected chi connectivity index (χ1v) is 13.8. The van der Waals surface area contributed by atoms with E-state index in [9.17, 15) is 15.3 Å². The fraction of sp³-hybridized carbons (Fsp3) is 0.867. The molecule has 1 aliphatic heterocycles. The highest BCUT2D eigenvalue weighted by molar-refractivity contribution is 5.34. The average Bonchev–Trinajstić information content (AvgIpc) is 3.09. The van der Waals surface area contributed by atoms with E-state index in [1.807, 2.05) is 19.9 Å². The number of rotatable bonds is 4. The van der Waals surface area contributed by atoms with E-state index < -0.39 is 29.0 Å². The van der Waals surface area contributed by atoms with Gasteiger partial charge in [-0.05, 0) is 87.4 Å². The average molecular weight is 473 g/mol. The van der Waals surface area contributed by atoms with Crippen LogP contribution >= 0.6 is 0 Å². The molecule has 3 N–H and O–H groups in total. The molecule has 0 aromatic carbocycles. The molecule has 1 spiro atoms. The van der Waals surface area contributed by atoms with Crippen LogP contribution in [0.4, 0.5) is 0 Å². The van der Waals surface area contributed by atoms with Gasteiger partial charge >= 0.3 is 0 Å². The van der Waals surface area contributed by atoms with Gasteiger partial charge in [0.25, 0.3) is 0 Å². The largest absolute Gasteiger partial charge is 0.392 e. The molecule has 0 aromatic rings. The Morgan fingerprint density at radius 1 is 1.03 bits per heavy atom. The predicted octanol–water partition coefficient (Wildman–Crippen LogP) is 5.61.